The fourth-order valence-corrected chi connectivity index (χ4v) is 4.49. The van der Waals surface area contributed by atoms with Crippen molar-refractivity contribution in [1.29, 1.82) is 0 Å². The SMILES string of the molecule is COc1cccc2cc(C(=O)C3=C(O)C(=O)N(c4ccccn4)C3c3ccc(C(C)(C)C)cc3)oc12. The second kappa shape index (κ2) is 8.68. The molecule has 0 fully saturated rings. The summed E-state index contributed by atoms with van der Waals surface area (Å²) < 4.78 is 11.2. The Morgan fingerprint density at radius 3 is 2.44 bits per heavy atom. The van der Waals surface area contributed by atoms with Crippen molar-refractivity contribution in [2.24, 2.45) is 0 Å². The number of rotatable bonds is 5. The van der Waals surface area contributed by atoms with Crippen molar-refractivity contribution in [2.75, 3.05) is 12.0 Å². The molecule has 0 bridgehead atoms. The van der Waals surface area contributed by atoms with Crippen LogP contribution in [0.1, 0.15) is 48.5 Å². The number of nitrogens with zero attached hydrogens (tertiary/aromatic N) is 2. The Labute approximate surface area is 208 Å². The average Bonchev–Trinajstić information content (AvgIpc) is 3.43. The Kier molecular flexibility index (Phi) is 5.63. The number of ketones is 1. The fourth-order valence-electron chi connectivity index (χ4n) is 4.49. The van der Waals surface area contributed by atoms with E-state index < -0.39 is 23.5 Å². The monoisotopic (exact) mass is 482 g/mol. The van der Waals surface area contributed by atoms with Crippen LogP contribution in [0.2, 0.25) is 0 Å². The zero-order valence-electron chi connectivity index (χ0n) is 20.5. The number of hydrogen-bond acceptors (Lipinski definition) is 6. The standard InChI is InChI=1S/C29H26N2O5/c1-29(2,3)19-13-11-17(12-14-19)24-23(26(33)28(34)31(24)22-10-5-6-15-30-22)25(32)21-16-18-8-7-9-20(35-4)27(18)36-21/h5-16,24,33H,1-4H3. The molecule has 1 atom stereocenters. The largest absolute Gasteiger partial charge is 0.503 e. The number of para-hydroxylation sites is 1. The van der Waals surface area contributed by atoms with E-state index in [-0.39, 0.29) is 16.7 Å². The van der Waals surface area contributed by atoms with Crippen LogP contribution < -0.4 is 9.64 Å². The van der Waals surface area contributed by atoms with Gasteiger partial charge in [-0.3, -0.25) is 14.5 Å². The number of anilines is 1. The minimum Gasteiger partial charge on any atom is -0.503 e. The Hall–Kier alpha value is -4.39. The molecule has 0 spiro atoms. The van der Waals surface area contributed by atoms with E-state index in [4.69, 9.17) is 9.15 Å². The van der Waals surface area contributed by atoms with Crippen LogP contribution in [0.3, 0.4) is 0 Å². The highest BCUT2D eigenvalue weighted by Gasteiger charge is 2.46. The molecule has 7 nitrogen and oxygen atoms in total. The number of hydrogen-bond donors (Lipinski definition) is 1. The third-order valence-corrected chi connectivity index (χ3v) is 6.39. The van der Waals surface area contributed by atoms with E-state index in [9.17, 15) is 14.7 Å². The van der Waals surface area contributed by atoms with Crippen molar-refractivity contribution in [3.63, 3.8) is 0 Å². The maximum atomic E-state index is 13.8. The van der Waals surface area contributed by atoms with E-state index in [0.717, 1.165) is 5.56 Å². The van der Waals surface area contributed by atoms with Gasteiger partial charge in [0.2, 0.25) is 5.78 Å². The molecule has 1 N–H and O–H groups in total. The van der Waals surface area contributed by atoms with Crippen LogP contribution >= 0.6 is 0 Å². The second-order valence-electron chi connectivity index (χ2n) is 9.72. The van der Waals surface area contributed by atoms with Gasteiger partial charge in [-0.05, 0) is 40.8 Å². The summed E-state index contributed by atoms with van der Waals surface area (Å²) >= 11 is 0. The number of fused-ring (bicyclic) bond motifs is 1. The van der Waals surface area contributed by atoms with Gasteiger partial charge in [0.05, 0.1) is 18.7 Å². The molecule has 1 unspecified atom stereocenters. The first-order valence-electron chi connectivity index (χ1n) is 11.6. The van der Waals surface area contributed by atoms with Crippen molar-refractivity contribution < 1.29 is 23.8 Å². The van der Waals surface area contributed by atoms with Crippen LogP contribution in [-0.2, 0) is 10.2 Å². The summed E-state index contributed by atoms with van der Waals surface area (Å²) in [6, 6.07) is 18.9. The Morgan fingerprint density at radius 1 is 1.06 bits per heavy atom. The normalized spacial score (nSPS) is 16.2. The summed E-state index contributed by atoms with van der Waals surface area (Å²) in [7, 11) is 1.52. The maximum Gasteiger partial charge on any atom is 0.295 e. The number of aliphatic hydroxyl groups excluding tert-OH is 1. The van der Waals surface area contributed by atoms with Gasteiger partial charge in [0, 0.05) is 11.6 Å². The number of carbonyl (C=O) groups is 2. The van der Waals surface area contributed by atoms with Crippen LogP contribution in [0.25, 0.3) is 11.0 Å². The summed E-state index contributed by atoms with van der Waals surface area (Å²) in [6.45, 7) is 6.33. The van der Waals surface area contributed by atoms with Gasteiger partial charge < -0.3 is 14.3 Å². The van der Waals surface area contributed by atoms with Gasteiger partial charge in [-0.1, -0.05) is 63.2 Å². The fraction of sp³-hybridized carbons (Fsp3) is 0.207. The molecule has 1 aliphatic rings. The first-order chi connectivity index (χ1) is 17.2. The van der Waals surface area contributed by atoms with Crippen LogP contribution in [0.5, 0.6) is 5.75 Å². The van der Waals surface area contributed by atoms with Crippen LogP contribution in [-0.4, -0.2) is 28.9 Å². The summed E-state index contributed by atoms with van der Waals surface area (Å²) in [5, 5.41) is 11.7. The first-order valence-corrected chi connectivity index (χ1v) is 11.6. The van der Waals surface area contributed by atoms with Crippen molar-refractivity contribution in [1.82, 2.24) is 4.98 Å². The molecule has 36 heavy (non-hydrogen) atoms. The number of pyridine rings is 1. The number of furan rings is 1. The third-order valence-electron chi connectivity index (χ3n) is 6.39. The lowest BCUT2D eigenvalue weighted by molar-refractivity contribution is -0.117. The summed E-state index contributed by atoms with van der Waals surface area (Å²) in [5.74, 6) is -1.09. The predicted molar refractivity (Wildman–Crippen MR) is 136 cm³/mol. The molecule has 0 radical (unpaired) electrons. The topological polar surface area (TPSA) is 92.9 Å². The number of benzene rings is 2. The van der Waals surface area contributed by atoms with Crippen molar-refractivity contribution in [2.45, 2.75) is 32.2 Å². The lowest BCUT2D eigenvalue weighted by atomic mass is 9.85. The Morgan fingerprint density at radius 2 is 1.81 bits per heavy atom. The summed E-state index contributed by atoms with van der Waals surface area (Å²) in [5.41, 5.74) is 2.05. The maximum absolute atomic E-state index is 13.8. The number of ether oxygens (including phenoxy) is 1. The Bertz CT molecular complexity index is 1490. The van der Waals surface area contributed by atoms with Gasteiger partial charge in [0.25, 0.3) is 5.91 Å². The number of aromatic nitrogens is 1. The van der Waals surface area contributed by atoms with Gasteiger partial charge in [-0.2, -0.15) is 0 Å². The highest BCUT2D eigenvalue weighted by molar-refractivity contribution is 6.20. The quantitative estimate of drug-likeness (QED) is 0.355. The van der Waals surface area contributed by atoms with Gasteiger partial charge in [0.1, 0.15) is 5.82 Å². The minimum atomic E-state index is -0.885. The molecular formula is C29H26N2O5. The van der Waals surface area contributed by atoms with Gasteiger partial charge >= 0.3 is 0 Å². The summed E-state index contributed by atoms with van der Waals surface area (Å²) in [4.78, 5) is 32.8. The van der Waals surface area contributed by atoms with Crippen LogP contribution in [0.15, 0.2) is 88.7 Å². The van der Waals surface area contributed by atoms with Crippen molar-refractivity contribution >= 4 is 28.5 Å². The van der Waals surface area contributed by atoms with E-state index in [0.29, 0.717) is 28.1 Å². The van der Waals surface area contributed by atoms with E-state index >= 15 is 0 Å². The minimum absolute atomic E-state index is 0.00281. The zero-order chi connectivity index (χ0) is 25.6. The predicted octanol–water partition coefficient (Wildman–Crippen LogP) is 5.92. The van der Waals surface area contributed by atoms with E-state index in [2.05, 4.69) is 25.8 Å². The summed E-state index contributed by atoms with van der Waals surface area (Å²) in [6.07, 6.45) is 1.56. The molecule has 4 aromatic rings. The number of methoxy groups -OCH3 is 1. The highest BCUT2D eigenvalue weighted by Crippen LogP contribution is 2.42. The molecule has 3 heterocycles. The van der Waals surface area contributed by atoms with Gasteiger partial charge in [-0.15, -0.1) is 0 Å². The molecule has 7 heteroatoms. The number of amides is 1. The van der Waals surface area contributed by atoms with Gasteiger partial charge in [-0.25, -0.2) is 4.98 Å². The smallest absolute Gasteiger partial charge is 0.295 e. The lowest BCUT2D eigenvalue weighted by Crippen LogP contribution is -2.31. The van der Waals surface area contributed by atoms with Crippen LogP contribution in [0.4, 0.5) is 5.82 Å². The molecule has 0 aliphatic carbocycles. The molecule has 1 aliphatic heterocycles. The average molecular weight is 483 g/mol. The van der Waals surface area contributed by atoms with Crippen molar-refractivity contribution in [3.8, 4) is 5.75 Å². The Balaban J connectivity index is 1.65. The van der Waals surface area contributed by atoms with Gasteiger partial charge in [0.15, 0.2) is 22.9 Å². The van der Waals surface area contributed by atoms with E-state index in [1.807, 2.05) is 24.3 Å². The van der Waals surface area contributed by atoms with Crippen LogP contribution in [0, 0.1) is 0 Å². The lowest BCUT2D eigenvalue weighted by Gasteiger charge is -2.26. The molecule has 0 saturated heterocycles. The third kappa shape index (κ3) is 3.82. The molecule has 182 valence electrons. The molecule has 0 saturated carbocycles. The molecule has 1 amide bonds. The molecule has 2 aromatic heterocycles. The second-order valence-corrected chi connectivity index (χ2v) is 9.72. The zero-order valence-corrected chi connectivity index (χ0v) is 20.5. The number of aliphatic hydroxyl groups is 1. The molecule has 2 aromatic carbocycles. The molecule has 5 rings (SSSR count). The molecular weight excluding hydrogens is 456 g/mol. The van der Waals surface area contributed by atoms with Crippen molar-refractivity contribution in [3.05, 3.63) is 101 Å². The highest BCUT2D eigenvalue weighted by atomic mass is 16.5. The first kappa shape index (κ1) is 23.4. The number of carbonyl (C=O) groups excluding carboxylic acids is 2. The van der Waals surface area contributed by atoms with E-state index in [1.165, 1.54) is 12.0 Å². The van der Waals surface area contributed by atoms with E-state index in [1.54, 1.807) is 48.7 Å². The number of Topliss-reactive ketones (excluding diaryl/α,β-unsaturated/α-hetero) is 1.